The normalized spacial score (nSPS) is 14.1. The van der Waals surface area contributed by atoms with Crippen molar-refractivity contribution in [2.75, 3.05) is 6.54 Å². The topological polar surface area (TPSA) is 71.1 Å². The van der Waals surface area contributed by atoms with Gasteiger partial charge in [0.1, 0.15) is 0 Å². The van der Waals surface area contributed by atoms with Crippen molar-refractivity contribution in [1.82, 2.24) is 15.0 Å². The largest absolute Gasteiger partial charge is 0.313 e. The highest BCUT2D eigenvalue weighted by molar-refractivity contribution is 7.90. The standard InChI is InChI=1S/C11H21N3O2S2/c1-8(2)12-5-9(3)18(15,16)14-6-11-10(4)13-7-17-11/h7-9,12,14H,5-6H2,1-4H3. The number of nitrogens with zero attached hydrogens (tertiary/aromatic N) is 1. The van der Waals surface area contributed by atoms with Gasteiger partial charge in [-0.25, -0.2) is 18.1 Å². The summed E-state index contributed by atoms with van der Waals surface area (Å²) in [6.45, 7) is 8.35. The van der Waals surface area contributed by atoms with E-state index in [1.807, 2.05) is 20.8 Å². The summed E-state index contributed by atoms with van der Waals surface area (Å²) in [6.07, 6.45) is 0. The Morgan fingerprint density at radius 3 is 2.56 bits per heavy atom. The molecule has 2 N–H and O–H groups in total. The van der Waals surface area contributed by atoms with Gasteiger partial charge in [-0.3, -0.25) is 0 Å². The third-order valence-corrected chi connectivity index (χ3v) is 5.33. The minimum atomic E-state index is -3.28. The molecule has 0 saturated heterocycles. The third-order valence-electron chi connectivity index (χ3n) is 2.62. The fraction of sp³-hybridized carbons (Fsp3) is 0.727. The zero-order valence-electron chi connectivity index (χ0n) is 11.2. The maximum atomic E-state index is 12.0. The predicted octanol–water partition coefficient (Wildman–Crippen LogP) is 1.26. The van der Waals surface area contributed by atoms with E-state index in [4.69, 9.17) is 0 Å². The van der Waals surface area contributed by atoms with E-state index in [2.05, 4.69) is 15.0 Å². The van der Waals surface area contributed by atoms with Crippen molar-refractivity contribution in [3.63, 3.8) is 0 Å². The zero-order chi connectivity index (χ0) is 13.8. The van der Waals surface area contributed by atoms with Crippen LogP contribution in [-0.4, -0.2) is 31.2 Å². The Morgan fingerprint density at radius 1 is 1.39 bits per heavy atom. The molecule has 0 bridgehead atoms. The minimum absolute atomic E-state index is 0.284. The van der Waals surface area contributed by atoms with Crippen LogP contribution >= 0.6 is 11.3 Å². The highest BCUT2D eigenvalue weighted by Crippen LogP contribution is 2.12. The molecule has 1 rings (SSSR count). The first-order valence-corrected chi connectivity index (χ1v) is 8.36. The van der Waals surface area contributed by atoms with E-state index < -0.39 is 15.3 Å². The monoisotopic (exact) mass is 291 g/mol. The molecule has 104 valence electrons. The Hall–Kier alpha value is -0.500. The molecule has 0 amide bonds. The second-order valence-corrected chi connectivity index (χ2v) is 7.72. The lowest BCUT2D eigenvalue weighted by atomic mass is 10.3. The SMILES string of the molecule is Cc1ncsc1CNS(=O)(=O)C(C)CNC(C)C. The van der Waals surface area contributed by atoms with Crippen LogP contribution in [0.4, 0.5) is 0 Å². The third kappa shape index (κ3) is 4.64. The van der Waals surface area contributed by atoms with Crippen LogP contribution in [0.25, 0.3) is 0 Å². The molecule has 0 fully saturated rings. The predicted molar refractivity (Wildman–Crippen MR) is 75.2 cm³/mol. The van der Waals surface area contributed by atoms with Gasteiger partial charge >= 0.3 is 0 Å². The quantitative estimate of drug-likeness (QED) is 0.793. The number of thiazole rings is 1. The number of aromatic nitrogens is 1. The molecule has 1 aromatic heterocycles. The van der Waals surface area contributed by atoms with Crippen LogP contribution in [0.3, 0.4) is 0 Å². The van der Waals surface area contributed by atoms with Crippen LogP contribution < -0.4 is 10.0 Å². The second-order valence-electron chi connectivity index (χ2n) is 4.60. The van der Waals surface area contributed by atoms with Gasteiger partial charge in [0.2, 0.25) is 10.0 Å². The minimum Gasteiger partial charge on any atom is -0.313 e. The van der Waals surface area contributed by atoms with Gasteiger partial charge in [-0.2, -0.15) is 0 Å². The van der Waals surface area contributed by atoms with Crippen LogP contribution in [-0.2, 0) is 16.6 Å². The zero-order valence-corrected chi connectivity index (χ0v) is 12.9. The van der Waals surface area contributed by atoms with Gasteiger partial charge < -0.3 is 5.32 Å². The molecule has 1 heterocycles. The number of hydrogen-bond acceptors (Lipinski definition) is 5. The molecule has 0 aliphatic rings. The molecule has 0 radical (unpaired) electrons. The van der Waals surface area contributed by atoms with Crippen molar-refractivity contribution in [2.24, 2.45) is 0 Å². The summed E-state index contributed by atoms with van der Waals surface area (Å²) in [5, 5.41) is 2.68. The molecule has 1 unspecified atom stereocenters. The highest BCUT2D eigenvalue weighted by atomic mass is 32.2. The Labute approximate surface area is 113 Å². The second kappa shape index (κ2) is 6.60. The van der Waals surface area contributed by atoms with Crippen molar-refractivity contribution >= 4 is 21.4 Å². The van der Waals surface area contributed by atoms with Gasteiger partial charge in [-0.05, 0) is 13.8 Å². The fourth-order valence-corrected chi connectivity index (χ4v) is 3.07. The van der Waals surface area contributed by atoms with Crippen molar-refractivity contribution in [2.45, 2.75) is 45.5 Å². The van der Waals surface area contributed by atoms with Gasteiger partial charge in [-0.1, -0.05) is 13.8 Å². The first-order chi connectivity index (χ1) is 8.33. The van der Waals surface area contributed by atoms with Crippen molar-refractivity contribution < 1.29 is 8.42 Å². The molecule has 0 aliphatic carbocycles. The van der Waals surface area contributed by atoms with Gasteiger partial charge in [0.15, 0.2) is 0 Å². The maximum absolute atomic E-state index is 12.0. The first-order valence-electron chi connectivity index (χ1n) is 5.93. The summed E-state index contributed by atoms with van der Waals surface area (Å²) < 4.78 is 26.6. The van der Waals surface area contributed by atoms with Gasteiger partial charge in [0.05, 0.1) is 16.5 Å². The lowest BCUT2D eigenvalue weighted by Gasteiger charge is -2.16. The van der Waals surface area contributed by atoms with Crippen LogP contribution in [0.5, 0.6) is 0 Å². The highest BCUT2D eigenvalue weighted by Gasteiger charge is 2.20. The van der Waals surface area contributed by atoms with Crippen molar-refractivity contribution in [3.8, 4) is 0 Å². The molecule has 0 spiro atoms. The number of aryl methyl sites for hydroxylation is 1. The van der Waals surface area contributed by atoms with E-state index in [9.17, 15) is 8.42 Å². The van der Waals surface area contributed by atoms with E-state index in [1.165, 1.54) is 11.3 Å². The van der Waals surface area contributed by atoms with E-state index in [0.717, 1.165) is 10.6 Å². The van der Waals surface area contributed by atoms with E-state index in [-0.39, 0.29) is 6.04 Å². The summed E-state index contributed by atoms with van der Waals surface area (Å²) in [6, 6.07) is 0.284. The smallest absolute Gasteiger partial charge is 0.215 e. The van der Waals surface area contributed by atoms with Crippen molar-refractivity contribution in [3.05, 3.63) is 16.1 Å². The van der Waals surface area contributed by atoms with Crippen LogP contribution in [0.2, 0.25) is 0 Å². The summed E-state index contributed by atoms with van der Waals surface area (Å²) >= 11 is 1.47. The first kappa shape index (κ1) is 15.6. The molecule has 7 heteroatoms. The molecular formula is C11H21N3O2S2. The van der Waals surface area contributed by atoms with E-state index in [1.54, 1.807) is 12.4 Å². The lowest BCUT2D eigenvalue weighted by molar-refractivity contribution is 0.540. The molecule has 0 saturated carbocycles. The molecule has 18 heavy (non-hydrogen) atoms. The average Bonchev–Trinajstić information content (AvgIpc) is 2.69. The molecule has 1 aromatic rings. The molecule has 1 atom stereocenters. The van der Waals surface area contributed by atoms with Gasteiger partial charge in [0.25, 0.3) is 0 Å². The summed E-state index contributed by atoms with van der Waals surface area (Å²) in [5.74, 6) is 0. The molecule has 0 aromatic carbocycles. The summed E-state index contributed by atoms with van der Waals surface area (Å²) in [4.78, 5) is 5.05. The molecule has 5 nitrogen and oxygen atoms in total. The van der Waals surface area contributed by atoms with Crippen LogP contribution in [0.1, 0.15) is 31.3 Å². The summed E-state index contributed by atoms with van der Waals surface area (Å²) in [7, 11) is -3.28. The van der Waals surface area contributed by atoms with E-state index in [0.29, 0.717) is 13.1 Å². The maximum Gasteiger partial charge on any atom is 0.215 e. The lowest BCUT2D eigenvalue weighted by Crippen LogP contribution is -2.40. The van der Waals surface area contributed by atoms with Gasteiger partial charge in [0, 0.05) is 24.0 Å². The fourth-order valence-electron chi connectivity index (χ4n) is 1.32. The number of rotatable bonds is 7. The Kier molecular flexibility index (Phi) is 5.71. The Morgan fingerprint density at radius 2 is 2.06 bits per heavy atom. The van der Waals surface area contributed by atoms with E-state index >= 15 is 0 Å². The number of nitrogens with one attached hydrogen (secondary N) is 2. The average molecular weight is 291 g/mol. The summed E-state index contributed by atoms with van der Waals surface area (Å²) in [5.41, 5.74) is 2.61. The molecular weight excluding hydrogens is 270 g/mol. The van der Waals surface area contributed by atoms with Crippen LogP contribution in [0.15, 0.2) is 5.51 Å². The van der Waals surface area contributed by atoms with Gasteiger partial charge in [-0.15, -0.1) is 11.3 Å². The van der Waals surface area contributed by atoms with Crippen molar-refractivity contribution in [1.29, 1.82) is 0 Å². The van der Waals surface area contributed by atoms with Crippen LogP contribution in [0, 0.1) is 6.92 Å². The number of sulfonamides is 1. The Bertz CT molecular complexity index is 468. The molecule has 0 aliphatic heterocycles. The number of hydrogen-bond donors (Lipinski definition) is 2. The Balaban J connectivity index is 2.51.